The van der Waals surface area contributed by atoms with Gasteiger partial charge in [-0.3, -0.25) is 4.90 Å². The van der Waals surface area contributed by atoms with Crippen molar-refractivity contribution >= 4 is 0 Å². The molecule has 160 valence electrons. The molecule has 0 bridgehead atoms. The van der Waals surface area contributed by atoms with Crippen molar-refractivity contribution in [1.29, 1.82) is 0 Å². The summed E-state index contributed by atoms with van der Waals surface area (Å²) in [6.45, 7) is 8.29. The van der Waals surface area contributed by atoms with Crippen LogP contribution in [0.1, 0.15) is 23.7 Å². The zero-order valence-electron chi connectivity index (χ0n) is 18.2. The molecule has 1 N–H and O–H groups in total. The minimum atomic E-state index is -0.437. The minimum absolute atomic E-state index is 0.437. The van der Waals surface area contributed by atoms with Gasteiger partial charge >= 0.3 is 0 Å². The van der Waals surface area contributed by atoms with Crippen LogP contribution >= 0.6 is 0 Å². The van der Waals surface area contributed by atoms with Gasteiger partial charge < -0.3 is 14.6 Å². The summed E-state index contributed by atoms with van der Waals surface area (Å²) in [6, 6.07) is 18.0. The molecule has 0 spiro atoms. The normalized spacial score (nSPS) is 12.3. The van der Waals surface area contributed by atoms with Gasteiger partial charge in [-0.15, -0.1) is 0 Å². The van der Waals surface area contributed by atoms with Crippen LogP contribution in [0.3, 0.4) is 0 Å². The van der Waals surface area contributed by atoms with Crippen molar-refractivity contribution in [2.45, 2.75) is 33.4 Å². The number of hydrogen-bond donors (Lipinski definition) is 1. The number of aryl methyl sites for hydroxylation is 2. The number of hydrogen-bond acceptors (Lipinski definition) is 5. The zero-order chi connectivity index (χ0) is 21.5. The fourth-order valence-electron chi connectivity index (χ4n) is 3.34. The number of para-hydroxylation sites is 1. The smallest absolute Gasteiger partial charge is 0.227 e. The average molecular weight is 410 g/mol. The fourth-order valence-corrected chi connectivity index (χ4v) is 3.34. The maximum Gasteiger partial charge on any atom is 0.227 e. The molecule has 0 aliphatic carbocycles. The number of methoxy groups -OCH3 is 1. The molecule has 6 heteroatoms. The van der Waals surface area contributed by atoms with Crippen LogP contribution in [0.15, 0.2) is 54.6 Å². The lowest BCUT2D eigenvalue weighted by atomic mass is 10.2. The predicted octanol–water partition coefficient (Wildman–Crippen LogP) is 4.11. The number of aromatic nitrogens is 2. The molecule has 30 heavy (non-hydrogen) atoms. The second-order valence-corrected chi connectivity index (χ2v) is 7.61. The fraction of sp³-hybridized carbons (Fsp3) is 0.375. The van der Waals surface area contributed by atoms with Crippen LogP contribution in [0, 0.1) is 13.8 Å². The highest BCUT2D eigenvalue weighted by Crippen LogP contribution is 2.31. The monoisotopic (exact) mass is 409 g/mol. The minimum Gasteiger partial charge on any atom is -0.439 e. The Morgan fingerprint density at radius 2 is 1.77 bits per heavy atom. The van der Waals surface area contributed by atoms with Crippen LogP contribution in [-0.2, 0) is 11.3 Å². The van der Waals surface area contributed by atoms with Crippen molar-refractivity contribution in [1.82, 2.24) is 14.7 Å². The number of benzene rings is 2. The van der Waals surface area contributed by atoms with E-state index in [0.717, 1.165) is 22.7 Å². The molecule has 1 heterocycles. The second-order valence-electron chi connectivity index (χ2n) is 7.61. The molecule has 0 saturated heterocycles. The van der Waals surface area contributed by atoms with Crippen LogP contribution in [0.2, 0.25) is 0 Å². The first kappa shape index (κ1) is 22.0. The summed E-state index contributed by atoms with van der Waals surface area (Å²) in [5.74, 6) is 1.45. The van der Waals surface area contributed by atoms with E-state index < -0.39 is 6.10 Å². The van der Waals surface area contributed by atoms with Gasteiger partial charge in [0, 0.05) is 26.7 Å². The molecule has 0 unspecified atom stereocenters. The third-order valence-electron chi connectivity index (χ3n) is 4.89. The Hall–Kier alpha value is -2.67. The van der Waals surface area contributed by atoms with E-state index >= 15 is 0 Å². The predicted molar refractivity (Wildman–Crippen MR) is 118 cm³/mol. The van der Waals surface area contributed by atoms with Gasteiger partial charge in [0.05, 0.1) is 29.7 Å². The quantitative estimate of drug-likeness (QED) is 0.546. The molecule has 0 fully saturated rings. The Morgan fingerprint density at radius 1 is 1.07 bits per heavy atom. The Kier molecular flexibility index (Phi) is 7.63. The summed E-state index contributed by atoms with van der Waals surface area (Å²) >= 11 is 0. The third kappa shape index (κ3) is 5.69. The summed E-state index contributed by atoms with van der Waals surface area (Å²) in [7, 11) is 1.69. The van der Waals surface area contributed by atoms with Crippen molar-refractivity contribution in [3.05, 3.63) is 71.4 Å². The average Bonchev–Trinajstić information content (AvgIpc) is 3.03. The highest BCUT2D eigenvalue weighted by Gasteiger charge is 2.22. The number of ether oxygens (including phenoxy) is 2. The van der Waals surface area contributed by atoms with E-state index in [4.69, 9.17) is 14.6 Å². The first-order valence-corrected chi connectivity index (χ1v) is 10.3. The first-order chi connectivity index (χ1) is 14.5. The molecule has 0 amide bonds. The van der Waals surface area contributed by atoms with Gasteiger partial charge in [0.25, 0.3) is 0 Å². The van der Waals surface area contributed by atoms with Crippen LogP contribution < -0.4 is 4.74 Å². The number of aliphatic hydroxyl groups is 1. The van der Waals surface area contributed by atoms with Crippen molar-refractivity contribution in [3.8, 4) is 17.3 Å². The Morgan fingerprint density at radius 3 is 2.40 bits per heavy atom. The van der Waals surface area contributed by atoms with E-state index in [1.807, 2.05) is 66.2 Å². The highest BCUT2D eigenvalue weighted by molar-refractivity contribution is 5.43. The summed E-state index contributed by atoms with van der Waals surface area (Å²) in [4.78, 5) is 2.16. The van der Waals surface area contributed by atoms with Gasteiger partial charge in [-0.25, -0.2) is 4.68 Å². The standard InChI is InChI=1S/C24H31N3O3/c1-18-10-12-22(13-11-18)30-24-23(17-26(14-15-29-4)16-19(2)28)20(3)25-27(24)21-8-6-5-7-9-21/h5-13,19,28H,14-17H2,1-4H3/t19-/m0/s1. The summed E-state index contributed by atoms with van der Waals surface area (Å²) < 4.78 is 13.5. The van der Waals surface area contributed by atoms with Gasteiger partial charge in [-0.2, -0.15) is 5.10 Å². The first-order valence-electron chi connectivity index (χ1n) is 10.3. The molecule has 0 aliphatic rings. The molecule has 0 radical (unpaired) electrons. The Balaban J connectivity index is 2.00. The third-order valence-corrected chi connectivity index (χ3v) is 4.89. The van der Waals surface area contributed by atoms with Gasteiger partial charge in [0.15, 0.2) is 0 Å². The Labute approximate surface area is 178 Å². The Bertz CT molecular complexity index is 921. The second kappa shape index (κ2) is 10.4. The van der Waals surface area contributed by atoms with Crippen molar-refractivity contribution < 1.29 is 14.6 Å². The zero-order valence-corrected chi connectivity index (χ0v) is 18.2. The lowest BCUT2D eigenvalue weighted by Crippen LogP contribution is -2.33. The van der Waals surface area contributed by atoms with E-state index in [2.05, 4.69) is 11.8 Å². The van der Waals surface area contributed by atoms with Crippen LogP contribution in [-0.4, -0.2) is 52.7 Å². The van der Waals surface area contributed by atoms with E-state index in [-0.39, 0.29) is 0 Å². The molecule has 3 aromatic rings. The van der Waals surface area contributed by atoms with E-state index in [1.54, 1.807) is 14.0 Å². The lowest BCUT2D eigenvalue weighted by molar-refractivity contribution is 0.0934. The SMILES string of the molecule is COCCN(Cc1c(C)nn(-c2ccccc2)c1Oc1ccc(C)cc1)C[C@H](C)O. The van der Waals surface area contributed by atoms with Crippen molar-refractivity contribution in [2.75, 3.05) is 26.8 Å². The maximum atomic E-state index is 9.95. The van der Waals surface area contributed by atoms with Gasteiger partial charge in [-0.1, -0.05) is 35.9 Å². The topological polar surface area (TPSA) is 59.8 Å². The summed E-state index contributed by atoms with van der Waals surface area (Å²) in [5, 5.41) is 14.7. The maximum absolute atomic E-state index is 9.95. The molecule has 6 nitrogen and oxygen atoms in total. The van der Waals surface area contributed by atoms with Gasteiger partial charge in [0.2, 0.25) is 5.88 Å². The molecule has 3 rings (SSSR count). The largest absolute Gasteiger partial charge is 0.439 e. The van der Waals surface area contributed by atoms with Crippen molar-refractivity contribution in [2.24, 2.45) is 0 Å². The van der Waals surface area contributed by atoms with Crippen LogP contribution in [0.4, 0.5) is 0 Å². The number of nitrogens with zero attached hydrogens (tertiary/aromatic N) is 3. The molecule has 1 atom stereocenters. The molecular weight excluding hydrogens is 378 g/mol. The van der Waals surface area contributed by atoms with Gasteiger partial charge in [0.1, 0.15) is 5.75 Å². The number of aliphatic hydroxyl groups excluding tert-OH is 1. The number of rotatable bonds is 10. The summed E-state index contributed by atoms with van der Waals surface area (Å²) in [5.41, 5.74) is 4.01. The molecule has 0 aliphatic heterocycles. The van der Waals surface area contributed by atoms with E-state index in [9.17, 15) is 5.11 Å². The molecule has 1 aromatic heterocycles. The van der Waals surface area contributed by atoms with Crippen molar-refractivity contribution in [3.63, 3.8) is 0 Å². The molecule has 2 aromatic carbocycles. The van der Waals surface area contributed by atoms with Crippen LogP contribution in [0.5, 0.6) is 11.6 Å². The lowest BCUT2D eigenvalue weighted by Gasteiger charge is -2.23. The van der Waals surface area contributed by atoms with E-state index in [1.165, 1.54) is 5.56 Å². The van der Waals surface area contributed by atoms with Crippen LogP contribution in [0.25, 0.3) is 5.69 Å². The summed E-state index contributed by atoms with van der Waals surface area (Å²) in [6.07, 6.45) is -0.437. The van der Waals surface area contributed by atoms with Gasteiger partial charge in [-0.05, 0) is 45.0 Å². The molecular formula is C24H31N3O3. The highest BCUT2D eigenvalue weighted by atomic mass is 16.5. The van der Waals surface area contributed by atoms with E-state index in [0.29, 0.717) is 32.1 Å². The molecule has 0 saturated carbocycles.